The average Bonchev–Trinajstić information content (AvgIpc) is 3.07. The van der Waals surface area contributed by atoms with Crippen LogP contribution in [-0.2, 0) is 6.54 Å². The van der Waals surface area contributed by atoms with Crippen LogP contribution in [0.25, 0.3) is 0 Å². The Morgan fingerprint density at radius 3 is 2.86 bits per heavy atom. The van der Waals surface area contributed by atoms with Gasteiger partial charge in [-0.05, 0) is 31.4 Å². The molecular formula is C19H19ClFN7O. The molecule has 0 spiro atoms. The fourth-order valence-electron chi connectivity index (χ4n) is 3.01. The van der Waals surface area contributed by atoms with Gasteiger partial charge < -0.3 is 16.4 Å². The number of halogens is 2. The fourth-order valence-corrected chi connectivity index (χ4v) is 3.24. The molecule has 1 amide bonds. The van der Waals surface area contributed by atoms with Gasteiger partial charge in [-0.2, -0.15) is 10.1 Å². The molecule has 0 radical (unpaired) electrons. The lowest BCUT2D eigenvalue weighted by Crippen LogP contribution is -2.17. The molecule has 4 rings (SSSR count). The molecule has 0 unspecified atom stereocenters. The van der Waals surface area contributed by atoms with Crippen LogP contribution in [-0.4, -0.2) is 25.7 Å². The first kappa shape index (κ1) is 19.1. The van der Waals surface area contributed by atoms with Gasteiger partial charge in [0.25, 0.3) is 5.91 Å². The molecule has 8 nitrogen and oxygen atoms in total. The Balaban J connectivity index is 1.54. The molecule has 0 aliphatic heterocycles. The maximum Gasteiger partial charge on any atom is 0.254 e. The monoisotopic (exact) mass is 415 g/mol. The lowest BCUT2D eigenvalue weighted by atomic mass is 9.93. The number of primary amides is 1. The molecule has 2 heterocycles. The third kappa shape index (κ3) is 4.14. The SMILES string of the molecule is NC(=O)c1cnc(Nc2cnn(C3CCC3)c2)nc1NCc1c(F)cccc1Cl. The molecule has 10 heteroatoms. The van der Waals surface area contributed by atoms with Gasteiger partial charge in [0.1, 0.15) is 11.6 Å². The van der Waals surface area contributed by atoms with Crippen LogP contribution in [0.1, 0.15) is 41.2 Å². The highest BCUT2D eigenvalue weighted by molar-refractivity contribution is 6.31. The van der Waals surface area contributed by atoms with E-state index in [0.717, 1.165) is 18.5 Å². The molecular weight excluding hydrogens is 397 g/mol. The van der Waals surface area contributed by atoms with Crippen molar-refractivity contribution >= 4 is 35.0 Å². The maximum atomic E-state index is 14.0. The van der Waals surface area contributed by atoms with E-state index in [1.807, 2.05) is 10.9 Å². The first-order chi connectivity index (χ1) is 14.0. The number of benzene rings is 1. The number of carbonyl (C=O) groups is 1. The van der Waals surface area contributed by atoms with Gasteiger partial charge in [-0.3, -0.25) is 9.48 Å². The maximum absolute atomic E-state index is 14.0. The summed E-state index contributed by atoms with van der Waals surface area (Å²) in [6.07, 6.45) is 8.36. The lowest BCUT2D eigenvalue weighted by Gasteiger charge is -2.25. The summed E-state index contributed by atoms with van der Waals surface area (Å²) in [5.41, 5.74) is 6.49. The zero-order valence-corrected chi connectivity index (χ0v) is 16.2. The Morgan fingerprint density at radius 2 is 2.17 bits per heavy atom. The molecule has 0 bridgehead atoms. The minimum Gasteiger partial charge on any atom is -0.365 e. The van der Waals surface area contributed by atoms with Crippen molar-refractivity contribution in [3.63, 3.8) is 0 Å². The summed E-state index contributed by atoms with van der Waals surface area (Å²) in [5, 5.41) is 10.6. The van der Waals surface area contributed by atoms with Crippen molar-refractivity contribution in [2.75, 3.05) is 10.6 Å². The number of rotatable bonds is 7. The predicted molar refractivity (Wildman–Crippen MR) is 108 cm³/mol. The quantitative estimate of drug-likeness (QED) is 0.543. The van der Waals surface area contributed by atoms with Crippen molar-refractivity contribution in [1.29, 1.82) is 0 Å². The molecule has 150 valence electrons. The molecule has 2 aromatic heterocycles. The van der Waals surface area contributed by atoms with Crippen LogP contribution in [0.5, 0.6) is 0 Å². The fraction of sp³-hybridized carbons (Fsp3) is 0.263. The summed E-state index contributed by atoms with van der Waals surface area (Å²) in [6, 6.07) is 4.85. The zero-order valence-electron chi connectivity index (χ0n) is 15.4. The number of hydrogen-bond donors (Lipinski definition) is 3. The minimum absolute atomic E-state index is 0.0296. The molecule has 1 saturated carbocycles. The summed E-state index contributed by atoms with van der Waals surface area (Å²) in [7, 11) is 0. The van der Waals surface area contributed by atoms with Gasteiger partial charge in [-0.25, -0.2) is 9.37 Å². The van der Waals surface area contributed by atoms with E-state index in [4.69, 9.17) is 17.3 Å². The van der Waals surface area contributed by atoms with Crippen molar-refractivity contribution in [3.8, 4) is 0 Å². The van der Waals surface area contributed by atoms with Crippen LogP contribution >= 0.6 is 11.6 Å². The molecule has 1 aromatic carbocycles. The van der Waals surface area contributed by atoms with Crippen LogP contribution < -0.4 is 16.4 Å². The van der Waals surface area contributed by atoms with Crippen molar-refractivity contribution in [2.24, 2.45) is 5.73 Å². The van der Waals surface area contributed by atoms with Gasteiger partial charge in [-0.1, -0.05) is 17.7 Å². The van der Waals surface area contributed by atoms with Crippen LogP contribution in [0.3, 0.4) is 0 Å². The van der Waals surface area contributed by atoms with Crippen molar-refractivity contribution in [1.82, 2.24) is 19.7 Å². The van der Waals surface area contributed by atoms with Crippen molar-refractivity contribution in [3.05, 3.63) is 58.8 Å². The van der Waals surface area contributed by atoms with Gasteiger partial charge in [0.05, 0.1) is 23.5 Å². The standard InChI is InChI=1S/C19H19ClFN7O/c20-15-5-2-6-16(21)13(15)8-23-18-14(17(22)29)9-24-19(27-18)26-11-7-25-28(10-11)12-3-1-4-12/h2,5-7,9-10,12H,1,3-4,8H2,(H2,22,29)(H2,23,24,26,27). The summed E-state index contributed by atoms with van der Waals surface area (Å²) in [4.78, 5) is 20.2. The van der Waals surface area contributed by atoms with Crippen LogP contribution in [0.2, 0.25) is 5.02 Å². The number of carbonyl (C=O) groups excluding carboxylic acids is 1. The Bertz CT molecular complexity index is 1030. The number of amides is 1. The van der Waals surface area contributed by atoms with E-state index in [-0.39, 0.29) is 34.5 Å². The van der Waals surface area contributed by atoms with E-state index >= 15 is 0 Å². The second-order valence-corrected chi connectivity index (χ2v) is 7.20. The van der Waals surface area contributed by atoms with E-state index in [9.17, 15) is 9.18 Å². The summed E-state index contributed by atoms with van der Waals surface area (Å²) >= 11 is 6.06. The number of nitrogens with zero attached hydrogens (tertiary/aromatic N) is 4. The van der Waals surface area contributed by atoms with Crippen molar-refractivity contribution in [2.45, 2.75) is 31.8 Å². The third-order valence-corrected chi connectivity index (χ3v) is 5.21. The molecule has 29 heavy (non-hydrogen) atoms. The van der Waals surface area contributed by atoms with Gasteiger partial charge in [0.15, 0.2) is 0 Å². The lowest BCUT2D eigenvalue weighted by molar-refractivity contribution is 0.100. The molecule has 1 aliphatic rings. The molecule has 1 fully saturated rings. The highest BCUT2D eigenvalue weighted by Gasteiger charge is 2.20. The Hall–Kier alpha value is -3.20. The largest absolute Gasteiger partial charge is 0.365 e. The number of anilines is 3. The minimum atomic E-state index is -0.698. The smallest absolute Gasteiger partial charge is 0.254 e. The van der Waals surface area contributed by atoms with E-state index in [1.54, 1.807) is 12.3 Å². The van der Waals surface area contributed by atoms with E-state index < -0.39 is 11.7 Å². The van der Waals surface area contributed by atoms with E-state index in [2.05, 4.69) is 25.7 Å². The molecule has 1 aliphatic carbocycles. The topological polar surface area (TPSA) is 111 Å². The predicted octanol–water partition coefficient (Wildman–Crippen LogP) is 3.65. The number of nitrogens with one attached hydrogen (secondary N) is 2. The summed E-state index contributed by atoms with van der Waals surface area (Å²) < 4.78 is 15.9. The first-order valence-corrected chi connectivity index (χ1v) is 9.54. The highest BCUT2D eigenvalue weighted by atomic mass is 35.5. The normalized spacial score (nSPS) is 13.7. The first-order valence-electron chi connectivity index (χ1n) is 9.16. The van der Waals surface area contributed by atoms with Crippen molar-refractivity contribution < 1.29 is 9.18 Å². The molecule has 4 N–H and O–H groups in total. The second kappa shape index (κ2) is 8.04. The highest BCUT2D eigenvalue weighted by Crippen LogP contribution is 2.31. The van der Waals surface area contributed by atoms with E-state index in [0.29, 0.717) is 6.04 Å². The van der Waals surface area contributed by atoms with Crippen LogP contribution in [0.4, 0.5) is 21.8 Å². The van der Waals surface area contributed by atoms with Gasteiger partial charge in [-0.15, -0.1) is 0 Å². The van der Waals surface area contributed by atoms with Crippen LogP contribution in [0, 0.1) is 5.82 Å². The zero-order chi connectivity index (χ0) is 20.4. The number of hydrogen-bond acceptors (Lipinski definition) is 6. The molecule has 0 atom stereocenters. The number of aromatic nitrogens is 4. The second-order valence-electron chi connectivity index (χ2n) is 6.79. The van der Waals surface area contributed by atoms with Gasteiger partial charge in [0.2, 0.25) is 5.95 Å². The van der Waals surface area contributed by atoms with E-state index in [1.165, 1.54) is 24.8 Å². The Kier molecular flexibility index (Phi) is 5.30. The molecule has 0 saturated heterocycles. The Morgan fingerprint density at radius 1 is 1.34 bits per heavy atom. The van der Waals surface area contributed by atoms with Gasteiger partial charge in [0, 0.05) is 29.5 Å². The van der Waals surface area contributed by atoms with Gasteiger partial charge >= 0.3 is 0 Å². The van der Waals surface area contributed by atoms with Crippen LogP contribution in [0.15, 0.2) is 36.8 Å². The Labute approximate surface area is 171 Å². The summed E-state index contributed by atoms with van der Waals surface area (Å²) in [5.74, 6) is -0.719. The average molecular weight is 416 g/mol. The molecule has 3 aromatic rings. The number of nitrogens with two attached hydrogens (primary N) is 1. The third-order valence-electron chi connectivity index (χ3n) is 4.85. The summed E-state index contributed by atoms with van der Waals surface area (Å²) in [6.45, 7) is 0.0296.